The number of thiophene rings is 1. The normalized spacial score (nSPS) is 14.5. The van der Waals surface area contributed by atoms with Crippen molar-refractivity contribution in [3.63, 3.8) is 0 Å². The lowest BCUT2D eigenvalue weighted by Crippen LogP contribution is -2.01. The third-order valence-corrected chi connectivity index (χ3v) is 5.60. The zero-order valence-electron chi connectivity index (χ0n) is 12.7. The number of carbonyl (C=O) groups excluding carboxylic acids is 1. The van der Waals surface area contributed by atoms with Crippen molar-refractivity contribution in [3.8, 4) is 0 Å². The van der Waals surface area contributed by atoms with Gasteiger partial charge in [-0.05, 0) is 54.9 Å². The third kappa shape index (κ3) is 3.44. The molecule has 0 amide bonds. The molecule has 0 radical (unpaired) electrons. The number of hydrogen-bond acceptors (Lipinski definition) is 2. The van der Waals surface area contributed by atoms with Crippen molar-refractivity contribution in [2.45, 2.75) is 51.9 Å². The van der Waals surface area contributed by atoms with E-state index in [-0.39, 0.29) is 5.78 Å². The largest absolute Gasteiger partial charge is 0.293 e. The van der Waals surface area contributed by atoms with Crippen LogP contribution in [0.15, 0.2) is 30.3 Å². The molecule has 3 rings (SSSR count). The average Bonchev–Trinajstić information content (AvgIpc) is 2.79. The maximum atomic E-state index is 12.5. The van der Waals surface area contributed by atoms with Gasteiger partial charge in [0.25, 0.3) is 0 Å². The fraction of sp³-hybridized carbons (Fsp3) is 0.421. The van der Waals surface area contributed by atoms with Crippen molar-refractivity contribution in [1.82, 2.24) is 0 Å². The van der Waals surface area contributed by atoms with E-state index in [4.69, 9.17) is 0 Å². The first-order chi connectivity index (χ1) is 10.3. The molecule has 0 saturated carbocycles. The van der Waals surface area contributed by atoms with E-state index in [0.717, 1.165) is 23.3 Å². The Morgan fingerprint density at radius 3 is 2.52 bits per heavy atom. The lowest BCUT2D eigenvalue weighted by Gasteiger charge is -2.01. The van der Waals surface area contributed by atoms with Gasteiger partial charge in [0.2, 0.25) is 0 Å². The number of hydrogen-bond donors (Lipinski definition) is 0. The molecule has 1 aromatic heterocycles. The molecule has 0 atom stereocenters. The van der Waals surface area contributed by atoms with Crippen LogP contribution in [0.5, 0.6) is 0 Å². The van der Waals surface area contributed by atoms with Gasteiger partial charge in [-0.15, -0.1) is 11.3 Å². The summed E-state index contributed by atoms with van der Waals surface area (Å²) in [6.45, 7) is 2.15. The van der Waals surface area contributed by atoms with Crippen molar-refractivity contribution >= 4 is 17.1 Å². The van der Waals surface area contributed by atoms with Crippen molar-refractivity contribution < 1.29 is 4.79 Å². The van der Waals surface area contributed by atoms with Crippen LogP contribution in [0.4, 0.5) is 0 Å². The standard InChI is InChI=1S/C19H22OS/c1-2-14-8-10-15(11-9-14)12-17(20)19-13-16-6-4-3-5-7-18(16)21-19/h8-11,13H,2-7,12H2,1H3. The molecule has 0 bridgehead atoms. The first-order valence-electron chi connectivity index (χ1n) is 7.99. The average molecular weight is 298 g/mol. The van der Waals surface area contributed by atoms with Gasteiger partial charge in [0, 0.05) is 11.3 Å². The Morgan fingerprint density at radius 1 is 1.05 bits per heavy atom. The summed E-state index contributed by atoms with van der Waals surface area (Å²) in [6.07, 6.45) is 7.78. The second-order valence-electron chi connectivity index (χ2n) is 5.89. The van der Waals surface area contributed by atoms with Crippen LogP contribution in [0.2, 0.25) is 0 Å². The fourth-order valence-corrected chi connectivity index (χ4v) is 4.16. The van der Waals surface area contributed by atoms with Gasteiger partial charge in [0.15, 0.2) is 5.78 Å². The van der Waals surface area contributed by atoms with Crippen LogP contribution in [0.1, 0.15) is 57.4 Å². The minimum atomic E-state index is 0.275. The van der Waals surface area contributed by atoms with Crippen LogP contribution < -0.4 is 0 Å². The summed E-state index contributed by atoms with van der Waals surface area (Å²) in [5, 5.41) is 0. The zero-order chi connectivity index (χ0) is 14.7. The number of benzene rings is 1. The van der Waals surface area contributed by atoms with Crippen molar-refractivity contribution in [1.29, 1.82) is 0 Å². The van der Waals surface area contributed by atoms with Crippen LogP contribution in [-0.2, 0) is 25.7 Å². The van der Waals surface area contributed by atoms with Gasteiger partial charge in [-0.2, -0.15) is 0 Å². The van der Waals surface area contributed by atoms with Crippen LogP contribution in [0.25, 0.3) is 0 Å². The molecule has 0 unspecified atom stereocenters. The first kappa shape index (κ1) is 14.5. The maximum absolute atomic E-state index is 12.5. The summed E-state index contributed by atoms with van der Waals surface area (Å²) in [5.74, 6) is 0.275. The first-order valence-corrected chi connectivity index (χ1v) is 8.80. The Labute approximate surface area is 131 Å². The summed E-state index contributed by atoms with van der Waals surface area (Å²) >= 11 is 1.73. The highest BCUT2D eigenvalue weighted by Gasteiger charge is 2.16. The number of fused-ring (bicyclic) bond motifs is 1. The minimum absolute atomic E-state index is 0.275. The molecular weight excluding hydrogens is 276 g/mol. The number of carbonyl (C=O) groups is 1. The zero-order valence-corrected chi connectivity index (χ0v) is 13.5. The highest BCUT2D eigenvalue weighted by molar-refractivity contribution is 7.14. The van der Waals surface area contributed by atoms with E-state index in [9.17, 15) is 4.79 Å². The molecule has 0 aliphatic heterocycles. The van der Waals surface area contributed by atoms with E-state index >= 15 is 0 Å². The molecule has 1 heterocycles. The summed E-state index contributed by atoms with van der Waals surface area (Å²) in [6, 6.07) is 10.6. The van der Waals surface area contributed by atoms with Crippen molar-refractivity contribution in [2.24, 2.45) is 0 Å². The van der Waals surface area contributed by atoms with E-state index in [1.54, 1.807) is 11.3 Å². The van der Waals surface area contributed by atoms with E-state index in [1.807, 2.05) is 0 Å². The maximum Gasteiger partial charge on any atom is 0.177 e. The summed E-state index contributed by atoms with van der Waals surface area (Å²) < 4.78 is 0. The van der Waals surface area contributed by atoms with Gasteiger partial charge in [0.1, 0.15) is 0 Å². The Bertz CT molecular complexity index is 598. The Kier molecular flexibility index (Phi) is 4.54. The topological polar surface area (TPSA) is 17.1 Å². The molecule has 2 aromatic rings. The van der Waals surface area contributed by atoms with Crippen LogP contribution >= 0.6 is 11.3 Å². The molecule has 0 N–H and O–H groups in total. The lowest BCUT2D eigenvalue weighted by molar-refractivity contribution is 0.0997. The molecule has 21 heavy (non-hydrogen) atoms. The van der Waals surface area contributed by atoms with E-state index in [2.05, 4.69) is 37.3 Å². The van der Waals surface area contributed by atoms with Gasteiger partial charge in [-0.3, -0.25) is 4.79 Å². The predicted molar refractivity (Wildman–Crippen MR) is 89.4 cm³/mol. The van der Waals surface area contributed by atoms with Crippen LogP contribution in [-0.4, -0.2) is 5.78 Å². The van der Waals surface area contributed by atoms with Gasteiger partial charge >= 0.3 is 0 Å². The van der Waals surface area contributed by atoms with Crippen molar-refractivity contribution in [3.05, 3.63) is 56.8 Å². The fourth-order valence-electron chi connectivity index (χ4n) is 2.97. The monoisotopic (exact) mass is 298 g/mol. The molecule has 0 fully saturated rings. The Balaban J connectivity index is 1.72. The second-order valence-corrected chi connectivity index (χ2v) is 7.03. The minimum Gasteiger partial charge on any atom is -0.293 e. The van der Waals surface area contributed by atoms with E-state index < -0.39 is 0 Å². The molecule has 1 aliphatic carbocycles. The smallest absolute Gasteiger partial charge is 0.177 e. The van der Waals surface area contributed by atoms with Crippen LogP contribution in [0.3, 0.4) is 0 Å². The molecular formula is C19H22OS. The van der Waals surface area contributed by atoms with E-state index in [0.29, 0.717) is 6.42 Å². The van der Waals surface area contributed by atoms with Gasteiger partial charge in [-0.25, -0.2) is 0 Å². The highest BCUT2D eigenvalue weighted by Crippen LogP contribution is 2.29. The Morgan fingerprint density at radius 2 is 1.76 bits per heavy atom. The SMILES string of the molecule is CCc1ccc(CC(=O)c2cc3c(s2)CCCCC3)cc1. The number of rotatable bonds is 4. The van der Waals surface area contributed by atoms with Gasteiger partial charge < -0.3 is 0 Å². The third-order valence-electron chi connectivity index (χ3n) is 4.32. The highest BCUT2D eigenvalue weighted by atomic mass is 32.1. The number of ketones is 1. The van der Waals surface area contributed by atoms with Crippen molar-refractivity contribution in [2.75, 3.05) is 0 Å². The molecule has 1 nitrogen and oxygen atoms in total. The quantitative estimate of drug-likeness (QED) is 0.573. The molecule has 0 spiro atoms. The second kappa shape index (κ2) is 6.57. The summed E-state index contributed by atoms with van der Waals surface area (Å²) in [7, 11) is 0. The van der Waals surface area contributed by atoms with Gasteiger partial charge in [0.05, 0.1) is 4.88 Å². The predicted octanol–water partition coefficient (Wildman–Crippen LogP) is 5.00. The molecule has 1 aliphatic rings. The molecule has 2 heteroatoms. The van der Waals surface area contributed by atoms with Gasteiger partial charge in [-0.1, -0.05) is 37.6 Å². The van der Waals surface area contributed by atoms with Crippen LogP contribution in [0, 0.1) is 0 Å². The summed E-state index contributed by atoms with van der Waals surface area (Å²) in [4.78, 5) is 14.9. The Hall–Kier alpha value is -1.41. The number of aryl methyl sites for hydroxylation is 3. The summed E-state index contributed by atoms with van der Waals surface area (Å²) in [5.41, 5.74) is 3.89. The molecule has 1 aromatic carbocycles. The number of Topliss-reactive ketones (excluding diaryl/α,β-unsaturated/α-hetero) is 1. The lowest BCUT2D eigenvalue weighted by atomic mass is 10.0. The van der Waals surface area contributed by atoms with E-state index in [1.165, 1.54) is 41.7 Å². The molecule has 110 valence electrons. The molecule has 0 saturated heterocycles.